The van der Waals surface area contributed by atoms with E-state index in [-0.39, 0.29) is 11.6 Å². The second-order valence-electron chi connectivity index (χ2n) is 8.08. The lowest BCUT2D eigenvalue weighted by atomic mass is 10.0. The number of carbonyl (C=O) groups excluding carboxylic acids is 1. The van der Waals surface area contributed by atoms with Gasteiger partial charge in [-0.1, -0.05) is 44.2 Å². The molecule has 0 spiro atoms. The van der Waals surface area contributed by atoms with E-state index >= 15 is 0 Å². The third kappa shape index (κ3) is 4.90. The van der Waals surface area contributed by atoms with Gasteiger partial charge in [0.15, 0.2) is 0 Å². The van der Waals surface area contributed by atoms with Crippen LogP contribution in [-0.4, -0.2) is 22.2 Å². The Labute approximate surface area is 184 Å². The van der Waals surface area contributed by atoms with Gasteiger partial charge in [0.25, 0.3) is 5.91 Å². The molecule has 3 aromatic rings. The van der Waals surface area contributed by atoms with Crippen LogP contribution in [0.15, 0.2) is 42.5 Å². The number of amides is 1. The van der Waals surface area contributed by atoms with Gasteiger partial charge in [-0.25, -0.2) is 4.68 Å². The summed E-state index contributed by atoms with van der Waals surface area (Å²) in [5.41, 5.74) is 18.5. The summed E-state index contributed by atoms with van der Waals surface area (Å²) in [5, 5.41) is 8.06. The van der Waals surface area contributed by atoms with Crippen molar-refractivity contribution in [1.82, 2.24) is 9.78 Å². The van der Waals surface area contributed by atoms with Gasteiger partial charge in [-0.15, -0.1) is 0 Å². The fourth-order valence-corrected chi connectivity index (χ4v) is 3.88. The Morgan fingerprint density at radius 3 is 2.32 bits per heavy atom. The monoisotopic (exact) mass is 419 g/mol. The molecular weight excluding hydrogens is 386 g/mol. The molecule has 0 saturated carbocycles. The van der Waals surface area contributed by atoms with E-state index < -0.39 is 5.91 Å². The number of aromatic nitrogens is 2. The number of nitrogen functional groups attached to an aromatic ring is 1. The number of hydrogen-bond donors (Lipinski definition) is 3. The number of carbonyl (C=O) groups is 1. The molecule has 3 rings (SSSR count). The van der Waals surface area contributed by atoms with Crippen LogP contribution in [0.3, 0.4) is 0 Å². The fraction of sp³-hybridized carbons (Fsp3) is 0.360. The molecule has 0 unspecified atom stereocenters. The number of nitrogens with zero attached hydrogens (tertiary/aromatic N) is 2. The van der Waals surface area contributed by atoms with Crippen LogP contribution in [0.1, 0.15) is 60.8 Å². The highest BCUT2D eigenvalue weighted by atomic mass is 16.1. The van der Waals surface area contributed by atoms with Crippen molar-refractivity contribution in [3.63, 3.8) is 0 Å². The molecule has 6 heteroatoms. The van der Waals surface area contributed by atoms with Gasteiger partial charge in [-0.05, 0) is 61.9 Å². The van der Waals surface area contributed by atoms with Gasteiger partial charge >= 0.3 is 0 Å². The Hall–Kier alpha value is -3.28. The number of primary amides is 1. The van der Waals surface area contributed by atoms with E-state index in [0.29, 0.717) is 11.5 Å². The quantitative estimate of drug-likeness (QED) is 0.472. The minimum Gasteiger partial charge on any atom is -0.385 e. The number of aryl methyl sites for hydroxylation is 2. The summed E-state index contributed by atoms with van der Waals surface area (Å²) < 4.78 is 1.64. The van der Waals surface area contributed by atoms with E-state index in [9.17, 15) is 4.79 Å². The van der Waals surface area contributed by atoms with Crippen LogP contribution in [0.25, 0.3) is 11.3 Å². The van der Waals surface area contributed by atoms with Crippen LogP contribution in [0, 0.1) is 0 Å². The van der Waals surface area contributed by atoms with E-state index in [0.717, 1.165) is 37.1 Å². The SMILES string of the molecule is CCc1ccc(NCCc2ccc(-c3nn(C(C)C)c(N)c3C(N)=O)cc2)cc1CC. The van der Waals surface area contributed by atoms with Crippen molar-refractivity contribution in [2.75, 3.05) is 17.6 Å². The maximum absolute atomic E-state index is 12.0. The number of nitrogens with one attached hydrogen (secondary N) is 1. The Kier molecular flexibility index (Phi) is 7.00. The molecule has 1 aromatic heterocycles. The van der Waals surface area contributed by atoms with Crippen molar-refractivity contribution < 1.29 is 4.79 Å². The summed E-state index contributed by atoms with van der Waals surface area (Å²) >= 11 is 0. The van der Waals surface area contributed by atoms with Crippen molar-refractivity contribution in [1.29, 1.82) is 0 Å². The summed E-state index contributed by atoms with van der Waals surface area (Å²) in [4.78, 5) is 12.0. The van der Waals surface area contributed by atoms with Crippen molar-refractivity contribution in [2.45, 2.75) is 53.0 Å². The van der Waals surface area contributed by atoms with E-state index in [1.165, 1.54) is 16.7 Å². The van der Waals surface area contributed by atoms with Gasteiger partial charge in [0.1, 0.15) is 17.1 Å². The minimum atomic E-state index is -0.562. The molecule has 1 heterocycles. The van der Waals surface area contributed by atoms with E-state index in [1.807, 2.05) is 26.0 Å². The van der Waals surface area contributed by atoms with Crippen LogP contribution >= 0.6 is 0 Å². The summed E-state index contributed by atoms with van der Waals surface area (Å²) in [7, 11) is 0. The van der Waals surface area contributed by atoms with Gasteiger partial charge in [0.05, 0.1) is 0 Å². The second kappa shape index (κ2) is 9.69. The number of nitrogens with two attached hydrogens (primary N) is 2. The summed E-state index contributed by atoms with van der Waals surface area (Å²) in [6, 6.07) is 14.7. The molecule has 0 aliphatic heterocycles. The number of hydrogen-bond acceptors (Lipinski definition) is 4. The normalized spacial score (nSPS) is 11.1. The molecule has 0 radical (unpaired) electrons. The first-order valence-electron chi connectivity index (χ1n) is 11.0. The lowest BCUT2D eigenvalue weighted by Gasteiger charge is -2.11. The minimum absolute atomic E-state index is 0.0387. The first kappa shape index (κ1) is 22.4. The number of rotatable bonds is 9. The highest BCUT2D eigenvalue weighted by Gasteiger charge is 2.22. The smallest absolute Gasteiger partial charge is 0.254 e. The van der Waals surface area contributed by atoms with Crippen LogP contribution in [0.4, 0.5) is 11.5 Å². The van der Waals surface area contributed by atoms with Gasteiger partial charge in [-0.2, -0.15) is 5.10 Å². The molecule has 6 nitrogen and oxygen atoms in total. The van der Waals surface area contributed by atoms with Gasteiger partial charge in [0, 0.05) is 23.8 Å². The third-order valence-electron chi connectivity index (χ3n) is 5.62. The first-order chi connectivity index (χ1) is 14.8. The second-order valence-corrected chi connectivity index (χ2v) is 8.08. The Morgan fingerprint density at radius 2 is 1.74 bits per heavy atom. The number of benzene rings is 2. The third-order valence-corrected chi connectivity index (χ3v) is 5.62. The van der Waals surface area contributed by atoms with Crippen LogP contribution in [0.5, 0.6) is 0 Å². The fourth-order valence-electron chi connectivity index (χ4n) is 3.88. The predicted molar refractivity (Wildman–Crippen MR) is 128 cm³/mol. The van der Waals surface area contributed by atoms with Crippen LogP contribution < -0.4 is 16.8 Å². The predicted octanol–water partition coefficient (Wildman–Crippen LogP) is 4.59. The van der Waals surface area contributed by atoms with E-state index in [2.05, 4.69) is 54.6 Å². The van der Waals surface area contributed by atoms with Gasteiger partial charge < -0.3 is 16.8 Å². The zero-order valence-corrected chi connectivity index (χ0v) is 18.9. The summed E-state index contributed by atoms with van der Waals surface area (Å²) in [5.74, 6) is -0.250. The van der Waals surface area contributed by atoms with Crippen molar-refractivity contribution in [3.05, 3.63) is 64.7 Å². The first-order valence-corrected chi connectivity index (χ1v) is 11.0. The maximum atomic E-state index is 12.0. The average Bonchev–Trinajstić information content (AvgIpc) is 3.11. The van der Waals surface area contributed by atoms with Crippen LogP contribution in [-0.2, 0) is 19.3 Å². The summed E-state index contributed by atoms with van der Waals surface area (Å²) in [6.45, 7) is 9.16. The maximum Gasteiger partial charge on any atom is 0.254 e. The van der Waals surface area contributed by atoms with Crippen molar-refractivity contribution in [2.24, 2.45) is 5.73 Å². The van der Waals surface area contributed by atoms with Crippen molar-refractivity contribution in [3.8, 4) is 11.3 Å². The molecule has 1 amide bonds. The number of anilines is 2. The van der Waals surface area contributed by atoms with Crippen LogP contribution in [0.2, 0.25) is 0 Å². The Balaban J connectivity index is 1.70. The van der Waals surface area contributed by atoms with E-state index in [4.69, 9.17) is 11.5 Å². The molecule has 164 valence electrons. The summed E-state index contributed by atoms with van der Waals surface area (Å²) in [6.07, 6.45) is 3.00. The largest absolute Gasteiger partial charge is 0.385 e. The molecule has 0 bridgehead atoms. The van der Waals surface area contributed by atoms with E-state index in [1.54, 1.807) is 4.68 Å². The molecule has 2 aromatic carbocycles. The van der Waals surface area contributed by atoms with Crippen molar-refractivity contribution >= 4 is 17.4 Å². The standard InChI is InChI=1S/C25H33N5O/c1-5-18-11-12-21(15-19(18)6-2)28-14-13-17-7-9-20(10-8-17)23-22(25(27)31)24(26)30(29-23)16(3)4/h7-12,15-16,28H,5-6,13-14,26H2,1-4H3,(H2,27,31). The molecular formula is C25H33N5O. The zero-order chi connectivity index (χ0) is 22.5. The Morgan fingerprint density at radius 1 is 1.06 bits per heavy atom. The van der Waals surface area contributed by atoms with Gasteiger partial charge in [-0.3, -0.25) is 4.79 Å². The molecule has 0 aliphatic carbocycles. The molecule has 31 heavy (non-hydrogen) atoms. The molecule has 5 N–H and O–H groups in total. The highest BCUT2D eigenvalue weighted by Crippen LogP contribution is 2.29. The molecule has 0 atom stereocenters. The lowest BCUT2D eigenvalue weighted by molar-refractivity contribution is 0.100. The highest BCUT2D eigenvalue weighted by molar-refractivity contribution is 6.03. The average molecular weight is 420 g/mol. The molecule has 0 fully saturated rings. The molecule has 0 aliphatic rings. The topological polar surface area (TPSA) is 99.0 Å². The lowest BCUT2D eigenvalue weighted by Crippen LogP contribution is -2.15. The zero-order valence-electron chi connectivity index (χ0n) is 18.9. The van der Waals surface area contributed by atoms with Gasteiger partial charge in [0.2, 0.25) is 0 Å². The Bertz CT molecular complexity index is 1050. The molecule has 0 saturated heterocycles.